The summed E-state index contributed by atoms with van der Waals surface area (Å²) >= 11 is 0. The van der Waals surface area contributed by atoms with E-state index in [0.29, 0.717) is 18.2 Å². The monoisotopic (exact) mass is 284 g/mol. The molecule has 0 radical (unpaired) electrons. The maximum Gasteiger partial charge on any atom is 0.224 e. The highest BCUT2D eigenvalue weighted by Gasteiger charge is 2.32. The summed E-state index contributed by atoms with van der Waals surface area (Å²) in [7, 11) is 1.90. The summed E-state index contributed by atoms with van der Waals surface area (Å²) in [6, 6.07) is 3.67. The van der Waals surface area contributed by atoms with Crippen molar-refractivity contribution in [1.82, 2.24) is 19.7 Å². The molecule has 2 atom stereocenters. The van der Waals surface area contributed by atoms with Gasteiger partial charge in [0, 0.05) is 31.6 Å². The number of nitriles is 1. The van der Waals surface area contributed by atoms with Gasteiger partial charge in [0.15, 0.2) is 0 Å². The Labute approximate surface area is 122 Å². The smallest absolute Gasteiger partial charge is 0.224 e. The van der Waals surface area contributed by atoms with E-state index in [-0.39, 0.29) is 12.1 Å². The Balaban J connectivity index is 1.81. The second-order valence-corrected chi connectivity index (χ2v) is 5.05. The summed E-state index contributed by atoms with van der Waals surface area (Å²) < 4.78 is 7.63. The summed E-state index contributed by atoms with van der Waals surface area (Å²) in [4.78, 5) is 8.31. The topological polar surface area (TPSA) is 88.6 Å². The lowest BCUT2D eigenvalue weighted by atomic mass is 10.0. The fourth-order valence-electron chi connectivity index (χ4n) is 2.60. The van der Waals surface area contributed by atoms with Crippen molar-refractivity contribution in [2.75, 3.05) is 11.9 Å². The van der Waals surface area contributed by atoms with Crippen LogP contribution in [0.5, 0.6) is 0 Å². The first-order valence-corrected chi connectivity index (χ1v) is 6.79. The number of nitrogens with one attached hydrogen (secondary N) is 1. The third-order valence-electron chi connectivity index (χ3n) is 3.53. The zero-order valence-corrected chi connectivity index (χ0v) is 11.9. The fraction of sp³-hybridized carbons (Fsp3) is 0.429. The van der Waals surface area contributed by atoms with E-state index in [1.165, 1.54) is 0 Å². The van der Waals surface area contributed by atoms with Gasteiger partial charge in [0.2, 0.25) is 5.95 Å². The van der Waals surface area contributed by atoms with Crippen molar-refractivity contribution >= 4 is 5.95 Å². The summed E-state index contributed by atoms with van der Waals surface area (Å²) in [5.41, 5.74) is 2.38. The van der Waals surface area contributed by atoms with E-state index in [4.69, 9.17) is 10.00 Å². The van der Waals surface area contributed by atoms with Crippen molar-refractivity contribution in [2.24, 2.45) is 7.05 Å². The summed E-state index contributed by atoms with van der Waals surface area (Å²) in [5.74, 6) is 0.455. The summed E-state index contributed by atoms with van der Waals surface area (Å²) in [5, 5.41) is 16.5. The molecule has 3 rings (SSSR count). The maximum atomic E-state index is 8.89. The van der Waals surface area contributed by atoms with E-state index in [1.54, 1.807) is 16.9 Å². The van der Waals surface area contributed by atoms with Crippen LogP contribution in [0.4, 0.5) is 5.95 Å². The average Bonchev–Trinajstić information content (AvgIpc) is 3.05. The number of ether oxygens (including phenoxy) is 1. The molecular formula is C14H16N6O. The van der Waals surface area contributed by atoms with E-state index < -0.39 is 0 Å². The molecular weight excluding hydrogens is 268 g/mol. The van der Waals surface area contributed by atoms with Gasteiger partial charge in [-0.05, 0) is 19.4 Å². The quantitative estimate of drug-likeness (QED) is 0.914. The van der Waals surface area contributed by atoms with Crippen LogP contribution >= 0.6 is 0 Å². The number of hydrogen-bond acceptors (Lipinski definition) is 6. The molecule has 1 aliphatic rings. The molecule has 0 bridgehead atoms. The van der Waals surface area contributed by atoms with Gasteiger partial charge in [-0.15, -0.1) is 0 Å². The van der Waals surface area contributed by atoms with Crippen molar-refractivity contribution in [3.63, 3.8) is 0 Å². The molecule has 2 aromatic heterocycles. The Morgan fingerprint density at radius 1 is 1.52 bits per heavy atom. The standard InChI is InChI=1S/C14H16N6O/c1-9-11(8-20(2)19-9)13-12(4-6-21-13)18-14-16-5-3-10(7-15)17-14/h3,5,8,12-13H,4,6H2,1-2H3,(H,16,17,18)/t12-,13+/m0/s1. The Morgan fingerprint density at radius 2 is 2.38 bits per heavy atom. The van der Waals surface area contributed by atoms with Crippen LogP contribution in [-0.2, 0) is 11.8 Å². The second kappa shape index (κ2) is 5.50. The predicted octanol–water partition coefficient (Wildman–Crippen LogP) is 1.33. The Bertz CT molecular complexity index is 689. The predicted molar refractivity (Wildman–Crippen MR) is 75.4 cm³/mol. The largest absolute Gasteiger partial charge is 0.371 e. The molecule has 1 aliphatic heterocycles. The molecule has 3 heterocycles. The molecule has 2 aromatic rings. The van der Waals surface area contributed by atoms with Crippen LogP contribution in [-0.4, -0.2) is 32.4 Å². The number of hydrogen-bond donors (Lipinski definition) is 1. The Morgan fingerprint density at radius 3 is 3.10 bits per heavy atom. The van der Waals surface area contributed by atoms with Crippen LogP contribution in [0.2, 0.25) is 0 Å². The van der Waals surface area contributed by atoms with Gasteiger partial charge in [-0.2, -0.15) is 10.4 Å². The van der Waals surface area contributed by atoms with E-state index >= 15 is 0 Å². The van der Waals surface area contributed by atoms with E-state index in [9.17, 15) is 0 Å². The van der Waals surface area contributed by atoms with E-state index in [2.05, 4.69) is 20.4 Å². The molecule has 21 heavy (non-hydrogen) atoms. The van der Waals surface area contributed by atoms with Gasteiger partial charge in [0.05, 0.1) is 11.7 Å². The van der Waals surface area contributed by atoms with Gasteiger partial charge in [-0.1, -0.05) is 0 Å². The second-order valence-electron chi connectivity index (χ2n) is 5.05. The van der Waals surface area contributed by atoms with Gasteiger partial charge in [0.1, 0.15) is 17.9 Å². The van der Waals surface area contributed by atoms with Crippen LogP contribution in [0.1, 0.15) is 29.5 Å². The molecule has 7 nitrogen and oxygen atoms in total. The first-order chi connectivity index (χ1) is 10.2. The summed E-state index contributed by atoms with van der Waals surface area (Å²) in [6.07, 6.45) is 4.34. The molecule has 7 heteroatoms. The lowest BCUT2D eigenvalue weighted by molar-refractivity contribution is 0.107. The van der Waals surface area contributed by atoms with Gasteiger partial charge in [0.25, 0.3) is 0 Å². The average molecular weight is 284 g/mol. The van der Waals surface area contributed by atoms with E-state index in [0.717, 1.165) is 17.7 Å². The van der Waals surface area contributed by atoms with E-state index in [1.807, 2.05) is 26.2 Å². The first kappa shape index (κ1) is 13.5. The molecule has 0 saturated carbocycles. The maximum absolute atomic E-state index is 8.89. The zero-order chi connectivity index (χ0) is 14.8. The minimum atomic E-state index is -0.0759. The highest BCUT2D eigenvalue weighted by atomic mass is 16.5. The van der Waals surface area contributed by atoms with Crippen LogP contribution in [0.15, 0.2) is 18.5 Å². The van der Waals surface area contributed by atoms with Crippen molar-refractivity contribution in [3.05, 3.63) is 35.4 Å². The highest BCUT2D eigenvalue weighted by Crippen LogP contribution is 2.32. The lowest BCUT2D eigenvalue weighted by Crippen LogP contribution is -2.24. The third kappa shape index (κ3) is 2.71. The van der Waals surface area contributed by atoms with Gasteiger partial charge < -0.3 is 10.1 Å². The molecule has 0 unspecified atom stereocenters. The normalized spacial score (nSPS) is 21.2. The minimum Gasteiger partial charge on any atom is -0.371 e. The number of rotatable bonds is 3. The van der Waals surface area contributed by atoms with Crippen molar-refractivity contribution < 1.29 is 4.74 Å². The fourth-order valence-corrected chi connectivity index (χ4v) is 2.60. The molecule has 0 amide bonds. The van der Waals surface area contributed by atoms with Crippen molar-refractivity contribution in [3.8, 4) is 6.07 Å². The summed E-state index contributed by atoms with van der Waals surface area (Å²) in [6.45, 7) is 2.65. The van der Waals surface area contributed by atoms with Gasteiger partial charge in [-0.3, -0.25) is 4.68 Å². The highest BCUT2D eigenvalue weighted by molar-refractivity contribution is 5.33. The van der Waals surface area contributed by atoms with Crippen LogP contribution < -0.4 is 5.32 Å². The number of anilines is 1. The lowest BCUT2D eigenvalue weighted by Gasteiger charge is -2.19. The molecule has 1 fully saturated rings. The Hall–Kier alpha value is -2.46. The molecule has 1 saturated heterocycles. The molecule has 108 valence electrons. The molecule has 0 aromatic carbocycles. The minimum absolute atomic E-state index is 0.0712. The zero-order valence-electron chi connectivity index (χ0n) is 11.9. The molecule has 0 spiro atoms. The first-order valence-electron chi connectivity index (χ1n) is 6.79. The van der Waals surface area contributed by atoms with Crippen molar-refractivity contribution in [1.29, 1.82) is 5.26 Å². The molecule has 0 aliphatic carbocycles. The third-order valence-corrected chi connectivity index (χ3v) is 3.53. The van der Waals surface area contributed by atoms with Crippen LogP contribution in [0, 0.1) is 18.3 Å². The Kier molecular flexibility index (Phi) is 3.54. The van der Waals surface area contributed by atoms with Crippen molar-refractivity contribution in [2.45, 2.75) is 25.5 Å². The number of nitrogens with zero attached hydrogens (tertiary/aromatic N) is 5. The van der Waals surface area contributed by atoms with Crippen LogP contribution in [0.25, 0.3) is 0 Å². The van der Waals surface area contributed by atoms with Crippen LogP contribution in [0.3, 0.4) is 0 Å². The SMILES string of the molecule is Cc1nn(C)cc1[C@H]1OCC[C@@H]1Nc1nccc(C#N)n1. The number of aryl methyl sites for hydroxylation is 2. The van der Waals surface area contributed by atoms with Gasteiger partial charge >= 0.3 is 0 Å². The molecule has 1 N–H and O–H groups in total. The number of aromatic nitrogens is 4. The van der Waals surface area contributed by atoms with Gasteiger partial charge in [-0.25, -0.2) is 9.97 Å².